The number of aromatic nitrogens is 1. The number of allylic oxidation sites excluding steroid dienone is 5. The van der Waals surface area contributed by atoms with Crippen LogP contribution in [-0.2, 0) is 6.42 Å². The summed E-state index contributed by atoms with van der Waals surface area (Å²) in [5.74, 6) is 0. The summed E-state index contributed by atoms with van der Waals surface area (Å²) in [6, 6.07) is 35.3. The van der Waals surface area contributed by atoms with Gasteiger partial charge in [-0.3, -0.25) is 5.41 Å². The van der Waals surface area contributed by atoms with Gasteiger partial charge in [-0.1, -0.05) is 116 Å². The maximum atomic E-state index is 9.19. The van der Waals surface area contributed by atoms with Gasteiger partial charge in [-0.05, 0) is 111 Å². The van der Waals surface area contributed by atoms with E-state index >= 15 is 0 Å². The fourth-order valence-corrected chi connectivity index (χ4v) is 7.25. The van der Waals surface area contributed by atoms with Crippen molar-refractivity contribution in [2.45, 2.75) is 25.7 Å². The first kappa shape index (κ1) is 27.1. The van der Waals surface area contributed by atoms with E-state index in [1.165, 1.54) is 49.7 Å². The highest BCUT2D eigenvalue weighted by molar-refractivity contribution is 6.20. The molecule has 0 saturated carbocycles. The Balaban J connectivity index is 1.38. The molecular formula is C43H34N2. The van der Waals surface area contributed by atoms with Crippen LogP contribution in [0.4, 0.5) is 0 Å². The van der Waals surface area contributed by atoms with Gasteiger partial charge in [0.2, 0.25) is 0 Å². The van der Waals surface area contributed by atoms with E-state index in [0.717, 1.165) is 59.0 Å². The van der Waals surface area contributed by atoms with Crippen molar-refractivity contribution in [3.05, 3.63) is 156 Å². The molecule has 2 N–H and O–H groups in total. The monoisotopic (exact) mass is 578 g/mol. The molecule has 0 fully saturated rings. The van der Waals surface area contributed by atoms with Gasteiger partial charge >= 0.3 is 0 Å². The number of hydrogen-bond acceptors (Lipinski definition) is 1. The summed E-state index contributed by atoms with van der Waals surface area (Å²) in [5.41, 5.74) is 14.7. The number of nitrogens with one attached hydrogen (secondary N) is 2. The summed E-state index contributed by atoms with van der Waals surface area (Å²) in [6.07, 6.45) is 16.8. The van der Waals surface area contributed by atoms with E-state index in [9.17, 15) is 5.41 Å². The second-order valence-electron chi connectivity index (χ2n) is 12.0. The third kappa shape index (κ3) is 4.62. The largest absolute Gasteiger partial charge is 0.354 e. The zero-order chi connectivity index (χ0) is 30.3. The van der Waals surface area contributed by atoms with Crippen molar-refractivity contribution in [2.24, 2.45) is 0 Å². The molecule has 2 nitrogen and oxygen atoms in total. The Morgan fingerprint density at radius 2 is 1.38 bits per heavy atom. The van der Waals surface area contributed by atoms with Gasteiger partial charge in [0.15, 0.2) is 0 Å². The first-order valence-corrected chi connectivity index (χ1v) is 15.8. The van der Waals surface area contributed by atoms with Crippen molar-refractivity contribution < 1.29 is 0 Å². The zero-order valence-electron chi connectivity index (χ0n) is 25.2. The van der Waals surface area contributed by atoms with Crippen molar-refractivity contribution in [1.29, 1.82) is 5.41 Å². The van der Waals surface area contributed by atoms with Crippen LogP contribution in [0.15, 0.2) is 134 Å². The SMILES string of the molecule is C=Cc1[nH]c2ccc(-c3ccc4c(-c5ccccc5)c5c(c(-c6ccccc6)c4c3)C=CCC5)cc2c1C(=N)C1=CC=CCC1. The quantitative estimate of drug-likeness (QED) is 0.185. The predicted octanol–water partition coefficient (Wildman–Crippen LogP) is 11.6. The number of rotatable bonds is 6. The van der Waals surface area contributed by atoms with E-state index in [1.54, 1.807) is 0 Å². The van der Waals surface area contributed by atoms with Crippen molar-refractivity contribution in [3.63, 3.8) is 0 Å². The van der Waals surface area contributed by atoms with E-state index in [1.807, 2.05) is 6.08 Å². The van der Waals surface area contributed by atoms with Crippen LogP contribution >= 0.6 is 0 Å². The molecule has 0 saturated heterocycles. The maximum absolute atomic E-state index is 9.19. The van der Waals surface area contributed by atoms with Crippen LogP contribution in [0.5, 0.6) is 0 Å². The minimum absolute atomic E-state index is 0.577. The Kier molecular flexibility index (Phi) is 6.76. The fraction of sp³-hybridized carbons (Fsp3) is 0.0930. The van der Waals surface area contributed by atoms with Crippen LogP contribution in [0, 0.1) is 5.41 Å². The van der Waals surface area contributed by atoms with Crippen LogP contribution in [0.25, 0.3) is 67.2 Å². The van der Waals surface area contributed by atoms with Crippen LogP contribution in [0.1, 0.15) is 41.6 Å². The minimum Gasteiger partial charge on any atom is -0.354 e. The fourth-order valence-electron chi connectivity index (χ4n) is 7.25. The van der Waals surface area contributed by atoms with E-state index in [0.29, 0.717) is 5.71 Å². The lowest BCUT2D eigenvalue weighted by Crippen LogP contribution is -2.06. The lowest BCUT2D eigenvalue weighted by atomic mass is 9.79. The maximum Gasteiger partial charge on any atom is 0.0672 e. The van der Waals surface area contributed by atoms with E-state index in [2.05, 4.69) is 139 Å². The Bertz CT molecular complexity index is 2220. The number of fused-ring (bicyclic) bond motifs is 3. The van der Waals surface area contributed by atoms with Crippen LogP contribution in [0.3, 0.4) is 0 Å². The molecule has 5 aromatic carbocycles. The van der Waals surface area contributed by atoms with E-state index in [4.69, 9.17) is 0 Å². The van der Waals surface area contributed by atoms with Gasteiger partial charge in [-0.15, -0.1) is 0 Å². The third-order valence-electron chi connectivity index (χ3n) is 9.37. The van der Waals surface area contributed by atoms with Gasteiger partial charge in [0.05, 0.1) is 5.71 Å². The highest BCUT2D eigenvalue weighted by Crippen LogP contribution is 2.45. The van der Waals surface area contributed by atoms with Crippen LogP contribution in [-0.4, -0.2) is 10.7 Å². The summed E-state index contributed by atoms with van der Waals surface area (Å²) in [6.45, 7) is 4.07. The second-order valence-corrected chi connectivity index (χ2v) is 12.0. The highest BCUT2D eigenvalue weighted by atomic mass is 14.7. The number of hydrogen-bond donors (Lipinski definition) is 2. The van der Waals surface area contributed by atoms with E-state index < -0.39 is 0 Å². The first-order valence-electron chi connectivity index (χ1n) is 15.8. The Morgan fingerprint density at radius 3 is 2.09 bits per heavy atom. The van der Waals surface area contributed by atoms with Gasteiger partial charge in [-0.2, -0.15) is 0 Å². The van der Waals surface area contributed by atoms with Gasteiger partial charge < -0.3 is 4.98 Å². The molecular weight excluding hydrogens is 544 g/mol. The molecule has 0 bridgehead atoms. The molecule has 0 spiro atoms. The summed E-state index contributed by atoms with van der Waals surface area (Å²) < 4.78 is 0. The topological polar surface area (TPSA) is 39.6 Å². The van der Waals surface area contributed by atoms with Crippen LogP contribution < -0.4 is 0 Å². The molecule has 0 aliphatic heterocycles. The molecule has 1 aromatic heterocycles. The molecule has 2 heteroatoms. The molecule has 6 aromatic rings. The minimum atomic E-state index is 0.577. The first-order chi connectivity index (χ1) is 22.2. The number of benzene rings is 5. The molecule has 0 amide bonds. The zero-order valence-corrected chi connectivity index (χ0v) is 25.2. The standard InChI is InChI=1S/C43H34N2/c1-2-38-42(43(44)30-18-10-5-11-19-30)37-27-32(23-25-39(37)45-38)31-22-24-35-36(26-31)41(29-16-8-4-9-17-29)34-21-13-12-20-33(34)40(35)28-14-6-3-7-15-28/h2-10,13-18,21-27,44-45H,1,11-12,19-20H2. The molecule has 1 heterocycles. The summed E-state index contributed by atoms with van der Waals surface area (Å²) in [7, 11) is 0. The highest BCUT2D eigenvalue weighted by Gasteiger charge is 2.23. The molecule has 216 valence electrons. The van der Waals surface area contributed by atoms with Gasteiger partial charge in [0.1, 0.15) is 0 Å². The molecule has 0 atom stereocenters. The molecule has 2 aliphatic rings. The van der Waals surface area contributed by atoms with Gasteiger partial charge in [-0.25, -0.2) is 0 Å². The molecule has 0 radical (unpaired) electrons. The van der Waals surface area contributed by atoms with Crippen molar-refractivity contribution in [1.82, 2.24) is 4.98 Å². The second kappa shape index (κ2) is 11.2. The van der Waals surface area contributed by atoms with Crippen LogP contribution in [0.2, 0.25) is 0 Å². The van der Waals surface area contributed by atoms with E-state index in [-0.39, 0.29) is 0 Å². The average Bonchev–Trinajstić information content (AvgIpc) is 3.49. The normalized spacial score (nSPS) is 14.0. The lowest BCUT2D eigenvalue weighted by molar-refractivity contribution is 0.991. The Hall–Kier alpha value is -5.47. The Labute approximate surface area is 264 Å². The smallest absolute Gasteiger partial charge is 0.0672 e. The molecule has 0 unspecified atom stereocenters. The predicted molar refractivity (Wildman–Crippen MR) is 193 cm³/mol. The van der Waals surface area contributed by atoms with Crippen molar-refractivity contribution in [3.8, 4) is 33.4 Å². The third-order valence-corrected chi connectivity index (χ3v) is 9.37. The summed E-state index contributed by atoms with van der Waals surface area (Å²) in [4.78, 5) is 3.52. The van der Waals surface area contributed by atoms with Gasteiger partial charge in [0, 0.05) is 22.2 Å². The summed E-state index contributed by atoms with van der Waals surface area (Å²) >= 11 is 0. The Morgan fingerprint density at radius 1 is 0.689 bits per heavy atom. The number of aromatic amines is 1. The average molecular weight is 579 g/mol. The number of H-pyrrole nitrogens is 1. The molecule has 2 aliphatic carbocycles. The molecule has 8 rings (SSSR count). The van der Waals surface area contributed by atoms with Crippen molar-refractivity contribution in [2.75, 3.05) is 0 Å². The lowest BCUT2D eigenvalue weighted by Gasteiger charge is -2.24. The molecule has 45 heavy (non-hydrogen) atoms. The van der Waals surface area contributed by atoms with Crippen molar-refractivity contribution >= 4 is 39.5 Å². The van der Waals surface area contributed by atoms with Gasteiger partial charge in [0.25, 0.3) is 0 Å². The summed E-state index contributed by atoms with van der Waals surface area (Å²) in [5, 5.41) is 12.8.